The van der Waals surface area contributed by atoms with Crippen molar-refractivity contribution in [3.63, 3.8) is 0 Å². The van der Waals surface area contributed by atoms with Crippen LogP contribution in [-0.4, -0.2) is 8.42 Å². The normalized spacial score (nSPS) is 14.1. The molecule has 1 N–H and O–H groups in total. The summed E-state index contributed by atoms with van der Waals surface area (Å²) in [5.41, 5.74) is 4.28. The minimum absolute atomic E-state index is 0.295. The van der Waals surface area contributed by atoms with Gasteiger partial charge in [-0.05, 0) is 61.6 Å². The second-order valence-electron chi connectivity index (χ2n) is 5.26. The lowest BCUT2D eigenvalue weighted by molar-refractivity contribution is 0.601. The highest BCUT2D eigenvalue weighted by atomic mass is 32.2. The van der Waals surface area contributed by atoms with Gasteiger partial charge in [0.25, 0.3) is 10.0 Å². The Labute approximate surface area is 119 Å². The Hall–Kier alpha value is -1.81. The number of hydrogen-bond acceptors (Lipinski definition) is 2. The van der Waals surface area contributed by atoms with E-state index >= 15 is 0 Å². The predicted octanol–water partition coefficient (Wildman–Crippen LogP) is 3.28. The number of hydrogen-bond donors (Lipinski definition) is 1. The molecule has 20 heavy (non-hydrogen) atoms. The molecule has 2 aromatic carbocycles. The standard InChI is InChI=1S/C16H17NO2S/c1-12-5-9-16(10-6-12)20(18,19)17-15-8-7-13-3-2-4-14(13)11-15/h5-11,17H,2-4H2,1H3. The van der Waals surface area contributed by atoms with Crippen molar-refractivity contribution < 1.29 is 8.42 Å². The highest BCUT2D eigenvalue weighted by Crippen LogP contribution is 2.26. The Bertz CT molecular complexity index is 734. The minimum Gasteiger partial charge on any atom is -0.280 e. The van der Waals surface area contributed by atoms with E-state index in [1.807, 2.05) is 25.1 Å². The molecule has 0 saturated carbocycles. The van der Waals surface area contributed by atoms with Gasteiger partial charge in [-0.15, -0.1) is 0 Å². The largest absolute Gasteiger partial charge is 0.280 e. The van der Waals surface area contributed by atoms with Crippen molar-refractivity contribution in [2.75, 3.05) is 4.72 Å². The minimum atomic E-state index is -3.50. The van der Waals surface area contributed by atoms with Gasteiger partial charge in [-0.25, -0.2) is 8.42 Å². The summed E-state index contributed by atoms with van der Waals surface area (Å²) >= 11 is 0. The number of fused-ring (bicyclic) bond motifs is 1. The summed E-state index contributed by atoms with van der Waals surface area (Å²) < 4.78 is 27.3. The van der Waals surface area contributed by atoms with E-state index in [0.29, 0.717) is 10.6 Å². The number of sulfonamides is 1. The van der Waals surface area contributed by atoms with Crippen molar-refractivity contribution in [3.05, 3.63) is 59.2 Å². The van der Waals surface area contributed by atoms with Crippen LogP contribution in [0.25, 0.3) is 0 Å². The quantitative estimate of drug-likeness (QED) is 0.941. The Balaban J connectivity index is 1.88. The Morgan fingerprint density at radius 3 is 2.40 bits per heavy atom. The topological polar surface area (TPSA) is 46.2 Å². The summed E-state index contributed by atoms with van der Waals surface area (Å²) in [7, 11) is -3.50. The number of benzene rings is 2. The molecule has 0 heterocycles. The molecular formula is C16H17NO2S. The lowest BCUT2D eigenvalue weighted by Crippen LogP contribution is -2.13. The van der Waals surface area contributed by atoms with E-state index in [-0.39, 0.29) is 0 Å². The van der Waals surface area contributed by atoms with Gasteiger partial charge in [0.15, 0.2) is 0 Å². The van der Waals surface area contributed by atoms with E-state index in [4.69, 9.17) is 0 Å². The first kappa shape index (κ1) is 13.2. The van der Waals surface area contributed by atoms with E-state index in [1.54, 1.807) is 24.3 Å². The molecule has 3 rings (SSSR count). The highest BCUT2D eigenvalue weighted by molar-refractivity contribution is 7.92. The van der Waals surface area contributed by atoms with Crippen LogP contribution in [0.4, 0.5) is 5.69 Å². The van der Waals surface area contributed by atoms with Crippen molar-refractivity contribution in [1.82, 2.24) is 0 Å². The lowest BCUT2D eigenvalue weighted by atomic mass is 10.1. The maximum atomic E-state index is 12.3. The Morgan fingerprint density at radius 1 is 0.950 bits per heavy atom. The van der Waals surface area contributed by atoms with Crippen molar-refractivity contribution in [3.8, 4) is 0 Å². The summed E-state index contributed by atoms with van der Waals surface area (Å²) in [6, 6.07) is 12.7. The molecule has 0 atom stereocenters. The van der Waals surface area contributed by atoms with Crippen LogP contribution in [0.2, 0.25) is 0 Å². The first-order valence-corrected chi connectivity index (χ1v) is 8.24. The second kappa shape index (κ2) is 4.94. The van der Waals surface area contributed by atoms with Crippen LogP contribution in [0.3, 0.4) is 0 Å². The third kappa shape index (κ3) is 2.56. The van der Waals surface area contributed by atoms with Crippen LogP contribution in [-0.2, 0) is 22.9 Å². The van der Waals surface area contributed by atoms with Crippen molar-refractivity contribution >= 4 is 15.7 Å². The number of nitrogens with one attached hydrogen (secondary N) is 1. The summed E-state index contributed by atoms with van der Waals surface area (Å²) in [5.74, 6) is 0. The summed E-state index contributed by atoms with van der Waals surface area (Å²) in [4.78, 5) is 0.295. The molecule has 0 radical (unpaired) electrons. The highest BCUT2D eigenvalue weighted by Gasteiger charge is 2.16. The molecular weight excluding hydrogens is 270 g/mol. The third-order valence-electron chi connectivity index (χ3n) is 3.68. The van der Waals surface area contributed by atoms with Gasteiger partial charge >= 0.3 is 0 Å². The van der Waals surface area contributed by atoms with Crippen LogP contribution in [0.5, 0.6) is 0 Å². The second-order valence-corrected chi connectivity index (χ2v) is 6.94. The lowest BCUT2D eigenvalue weighted by Gasteiger charge is -2.10. The van der Waals surface area contributed by atoms with Crippen LogP contribution in [0, 0.1) is 6.92 Å². The van der Waals surface area contributed by atoms with Gasteiger partial charge in [0.2, 0.25) is 0 Å². The van der Waals surface area contributed by atoms with Gasteiger partial charge < -0.3 is 0 Å². The van der Waals surface area contributed by atoms with E-state index in [9.17, 15) is 8.42 Å². The van der Waals surface area contributed by atoms with Gasteiger partial charge in [0, 0.05) is 5.69 Å². The maximum absolute atomic E-state index is 12.3. The summed E-state index contributed by atoms with van der Waals surface area (Å²) in [6.07, 6.45) is 3.29. The van der Waals surface area contributed by atoms with Gasteiger partial charge in [0.1, 0.15) is 0 Å². The molecule has 0 aliphatic heterocycles. The van der Waals surface area contributed by atoms with Gasteiger partial charge in [-0.1, -0.05) is 23.8 Å². The molecule has 0 fully saturated rings. The zero-order chi connectivity index (χ0) is 14.2. The fourth-order valence-electron chi connectivity index (χ4n) is 2.57. The van der Waals surface area contributed by atoms with Crippen LogP contribution in [0.1, 0.15) is 23.1 Å². The van der Waals surface area contributed by atoms with Crippen LogP contribution >= 0.6 is 0 Å². The number of anilines is 1. The maximum Gasteiger partial charge on any atom is 0.261 e. The number of rotatable bonds is 3. The van der Waals surface area contributed by atoms with E-state index < -0.39 is 10.0 Å². The molecule has 3 nitrogen and oxygen atoms in total. The molecule has 0 unspecified atom stereocenters. The first-order chi connectivity index (χ1) is 9.54. The van der Waals surface area contributed by atoms with E-state index in [0.717, 1.165) is 24.8 Å². The third-order valence-corrected chi connectivity index (χ3v) is 5.08. The average Bonchev–Trinajstić information content (AvgIpc) is 2.86. The Kier molecular flexibility index (Phi) is 3.26. The molecule has 0 bridgehead atoms. The molecule has 2 aromatic rings. The van der Waals surface area contributed by atoms with E-state index in [1.165, 1.54) is 11.1 Å². The zero-order valence-corrected chi connectivity index (χ0v) is 12.2. The summed E-state index contributed by atoms with van der Waals surface area (Å²) in [5, 5.41) is 0. The smallest absolute Gasteiger partial charge is 0.261 e. The summed E-state index contributed by atoms with van der Waals surface area (Å²) in [6.45, 7) is 1.93. The molecule has 1 aliphatic rings. The van der Waals surface area contributed by atoms with Gasteiger partial charge in [-0.3, -0.25) is 4.72 Å². The van der Waals surface area contributed by atoms with Crippen molar-refractivity contribution in [1.29, 1.82) is 0 Å². The van der Waals surface area contributed by atoms with E-state index in [2.05, 4.69) is 4.72 Å². The monoisotopic (exact) mass is 287 g/mol. The molecule has 0 aromatic heterocycles. The SMILES string of the molecule is Cc1ccc(S(=O)(=O)Nc2ccc3c(c2)CCC3)cc1. The van der Waals surface area contributed by atoms with Crippen molar-refractivity contribution in [2.24, 2.45) is 0 Å². The zero-order valence-electron chi connectivity index (χ0n) is 11.4. The fraction of sp³-hybridized carbons (Fsp3) is 0.250. The fourth-order valence-corrected chi connectivity index (χ4v) is 3.62. The van der Waals surface area contributed by atoms with Crippen LogP contribution in [0.15, 0.2) is 47.4 Å². The molecule has 104 valence electrons. The molecule has 0 spiro atoms. The average molecular weight is 287 g/mol. The van der Waals surface area contributed by atoms with Gasteiger partial charge in [0.05, 0.1) is 4.90 Å². The van der Waals surface area contributed by atoms with Gasteiger partial charge in [-0.2, -0.15) is 0 Å². The molecule has 4 heteroatoms. The first-order valence-electron chi connectivity index (χ1n) is 6.76. The Morgan fingerprint density at radius 2 is 1.65 bits per heavy atom. The number of aryl methyl sites for hydroxylation is 3. The van der Waals surface area contributed by atoms with Crippen LogP contribution < -0.4 is 4.72 Å². The van der Waals surface area contributed by atoms with Crippen molar-refractivity contribution in [2.45, 2.75) is 31.1 Å². The molecule has 0 amide bonds. The molecule has 1 aliphatic carbocycles. The molecule has 0 saturated heterocycles. The predicted molar refractivity (Wildman–Crippen MR) is 80.5 cm³/mol.